The topological polar surface area (TPSA) is 77.2 Å². The number of aryl methyl sites for hydroxylation is 1. The second-order valence-electron chi connectivity index (χ2n) is 6.08. The van der Waals surface area contributed by atoms with Gasteiger partial charge < -0.3 is 14.6 Å². The molecule has 0 aliphatic heterocycles. The molecular weight excluding hydrogens is 349 g/mol. The second-order valence-corrected chi connectivity index (χ2v) is 6.08. The van der Waals surface area contributed by atoms with Crippen LogP contribution in [0.2, 0.25) is 0 Å². The number of amides is 1. The van der Waals surface area contributed by atoms with Gasteiger partial charge in [0.1, 0.15) is 11.6 Å². The third-order valence-corrected chi connectivity index (χ3v) is 4.13. The molecular formula is C20H20FN3O3. The van der Waals surface area contributed by atoms with Gasteiger partial charge in [0.15, 0.2) is 0 Å². The number of ether oxygens (including phenoxy) is 1. The van der Waals surface area contributed by atoms with Crippen LogP contribution in [0.4, 0.5) is 4.39 Å². The molecule has 140 valence electrons. The molecule has 0 aliphatic carbocycles. The van der Waals surface area contributed by atoms with Crippen LogP contribution in [0.3, 0.4) is 0 Å². The monoisotopic (exact) mass is 369 g/mol. The summed E-state index contributed by atoms with van der Waals surface area (Å²) in [5.41, 5.74) is 1.64. The maximum atomic E-state index is 13.0. The number of methoxy groups -OCH3 is 1. The largest absolute Gasteiger partial charge is 0.497 e. The maximum absolute atomic E-state index is 13.0. The zero-order valence-electron chi connectivity index (χ0n) is 15.1. The highest BCUT2D eigenvalue weighted by Gasteiger charge is 2.13. The molecule has 0 radical (unpaired) electrons. The third kappa shape index (κ3) is 4.91. The molecule has 2 aromatic carbocycles. The molecule has 3 rings (SSSR count). The van der Waals surface area contributed by atoms with Crippen molar-refractivity contribution in [2.75, 3.05) is 7.11 Å². The number of carbonyl (C=O) groups is 1. The molecule has 0 spiro atoms. The Hall–Kier alpha value is -3.22. The molecule has 6 nitrogen and oxygen atoms in total. The average molecular weight is 369 g/mol. The van der Waals surface area contributed by atoms with Gasteiger partial charge in [0.05, 0.1) is 13.2 Å². The fraction of sp³-hybridized carbons (Fsp3) is 0.250. The summed E-state index contributed by atoms with van der Waals surface area (Å²) < 4.78 is 23.3. The molecule has 0 saturated carbocycles. The van der Waals surface area contributed by atoms with E-state index in [1.54, 1.807) is 19.2 Å². The normalized spacial score (nSPS) is 11.8. The molecule has 7 heteroatoms. The van der Waals surface area contributed by atoms with E-state index >= 15 is 0 Å². The molecule has 3 aromatic rings. The SMILES string of the molecule is COc1ccc(-c2noc(CCC(=O)NC(C)c3ccc(F)cc3)n2)cc1. The van der Waals surface area contributed by atoms with E-state index in [0.717, 1.165) is 16.9 Å². The number of halogens is 1. The van der Waals surface area contributed by atoms with Gasteiger partial charge in [-0.05, 0) is 48.9 Å². The number of carbonyl (C=O) groups excluding carboxylic acids is 1. The van der Waals surface area contributed by atoms with Crippen molar-refractivity contribution in [2.24, 2.45) is 0 Å². The van der Waals surface area contributed by atoms with Crippen LogP contribution in [-0.4, -0.2) is 23.2 Å². The summed E-state index contributed by atoms with van der Waals surface area (Å²) in [7, 11) is 1.60. The molecule has 27 heavy (non-hydrogen) atoms. The lowest BCUT2D eigenvalue weighted by molar-refractivity contribution is -0.121. The summed E-state index contributed by atoms with van der Waals surface area (Å²) in [5, 5.41) is 6.81. The van der Waals surface area contributed by atoms with Crippen LogP contribution < -0.4 is 10.1 Å². The van der Waals surface area contributed by atoms with Crippen molar-refractivity contribution in [1.29, 1.82) is 0 Å². The second kappa shape index (κ2) is 8.44. The molecule has 1 atom stereocenters. The van der Waals surface area contributed by atoms with E-state index in [1.165, 1.54) is 12.1 Å². The highest BCUT2D eigenvalue weighted by atomic mass is 19.1. The number of hydrogen-bond donors (Lipinski definition) is 1. The van der Waals surface area contributed by atoms with E-state index in [0.29, 0.717) is 18.1 Å². The standard InChI is InChI=1S/C20H20FN3O3/c1-13(14-3-7-16(21)8-4-14)22-18(25)11-12-19-23-20(24-27-19)15-5-9-17(26-2)10-6-15/h3-10,13H,11-12H2,1-2H3,(H,22,25). The number of benzene rings is 2. The quantitative estimate of drug-likeness (QED) is 0.687. The van der Waals surface area contributed by atoms with E-state index in [2.05, 4.69) is 15.5 Å². The smallest absolute Gasteiger partial charge is 0.227 e. The Morgan fingerprint density at radius 3 is 2.56 bits per heavy atom. The number of aromatic nitrogens is 2. The molecule has 1 aromatic heterocycles. The van der Waals surface area contributed by atoms with Gasteiger partial charge in [-0.2, -0.15) is 4.98 Å². The van der Waals surface area contributed by atoms with Crippen molar-refractivity contribution in [3.05, 3.63) is 65.8 Å². The van der Waals surface area contributed by atoms with Gasteiger partial charge in [-0.1, -0.05) is 17.3 Å². The van der Waals surface area contributed by atoms with Gasteiger partial charge in [-0.25, -0.2) is 4.39 Å². The third-order valence-electron chi connectivity index (χ3n) is 4.13. The Morgan fingerprint density at radius 1 is 1.19 bits per heavy atom. The first-order valence-corrected chi connectivity index (χ1v) is 8.57. The highest BCUT2D eigenvalue weighted by Crippen LogP contribution is 2.20. The Kier molecular flexibility index (Phi) is 5.80. The fourth-order valence-corrected chi connectivity index (χ4v) is 2.58. The molecule has 1 N–H and O–H groups in total. The Bertz CT molecular complexity index is 892. The average Bonchev–Trinajstić information content (AvgIpc) is 3.16. The van der Waals surface area contributed by atoms with Crippen LogP contribution in [0, 0.1) is 5.82 Å². The molecule has 0 bridgehead atoms. The van der Waals surface area contributed by atoms with Gasteiger partial charge in [0.2, 0.25) is 17.6 Å². The van der Waals surface area contributed by atoms with E-state index < -0.39 is 0 Å². The van der Waals surface area contributed by atoms with Crippen molar-refractivity contribution in [3.63, 3.8) is 0 Å². The van der Waals surface area contributed by atoms with Gasteiger partial charge >= 0.3 is 0 Å². The zero-order chi connectivity index (χ0) is 19.2. The summed E-state index contributed by atoms with van der Waals surface area (Å²) in [4.78, 5) is 16.4. The molecule has 1 unspecified atom stereocenters. The molecule has 0 saturated heterocycles. The fourth-order valence-electron chi connectivity index (χ4n) is 2.58. The van der Waals surface area contributed by atoms with Crippen LogP contribution in [-0.2, 0) is 11.2 Å². The minimum Gasteiger partial charge on any atom is -0.497 e. The highest BCUT2D eigenvalue weighted by molar-refractivity contribution is 5.76. The predicted octanol–water partition coefficient (Wildman–Crippen LogP) is 3.69. The number of nitrogens with zero attached hydrogens (tertiary/aromatic N) is 2. The van der Waals surface area contributed by atoms with Crippen LogP contribution in [0.15, 0.2) is 53.1 Å². The minimum absolute atomic E-state index is 0.143. The van der Waals surface area contributed by atoms with Gasteiger partial charge in [0, 0.05) is 18.4 Å². The van der Waals surface area contributed by atoms with Gasteiger partial charge in [-0.15, -0.1) is 0 Å². The van der Waals surface area contributed by atoms with E-state index in [1.807, 2.05) is 31.2 Å². The molecule has 0 fully saturated rings. The number of hydrogen-bond acceptors (Lipinski definition) is 5. The molecule has 0 aliphatic rings. The number of nitrogens with one attached hydrogen (secondary N) is 1. The van der Waals surface area contributed by atoms with Crippen LogP contribution in [0.25, 0.3) is 11.4 Å². The summed E-state index contributed by atoms with van der Waals surface area (Å²) in [6.07, 6.45) is 0.556. The van der Waals surface area contributed by atoms with Gasteiger partial charge in [0.25, 0.3) is 0 Å². The lowest BCUT2D eigenvalue weighted by Crippen LogP contribution is -2.26. The first kappa shape index (κ1) is 18.6. The molecule has 1 heterocycles. The zero-order valence-corrected chi connectivity index (χ0v) is 15.1. The van der Waals surface area contributed by atoms with E-state index in [4.69, 9.17) is 9.26 Å². The lowest BCUT2D eigenvalue weighted by atomic mass is 10.1. The minimum atomic E-state index is -0.304. The van der Waals surface area contributed by atoms with E-state index in [9.17, 15) is 9.18 Å². The maximum Gasteiger partial charge on any atom is 0.227 e. The van der Waals surface area contributed by atoms with Crippen LogP contribution in [0.1, 0.15) is 30.8 Å². The Morgan fingerprint density at radius 2 is 1.89 bits per heavy atom. The van der Waals surface area contributed by atoms with E-state index in [-0.39, 0.29) is 24.2 Å². The Balaban J connectivity index is 1.53. The first-order valence-electron chi connectivity index (χ1n) is 8.57. The summed E-state index contributed by atoms with van der Waals surface area (Å²) in [5.74, 6) is 1.16. The van der Waals surface area contributed by atoms with Crippen LogP contribution >= 0.6 is 0 Å². The summed E-state index contributed by atoms with van der Waals surface area (Å²) >= 11 is 0. The Labute approximate surface area is 156 Å². The molecule has 1 amide bonds. The summed E-state index contributed by atoms with van der Waals surface area (Å²) in [6.45, 7) is 1.85. The predicted molar refractivity (Wildman–Crippen MR) is 97.6 cm³/mol. The van der Waals surface area contributed by atoms with Crippen molar-refractivity contribution in [2.45, 2.75) is 25.8 Å². The van der Waals surface area contributed by atoms with Gasteiger partial charge in [-0.3, -0.25) is 4.79 Å². The lowest BCUT2D eigenvalue weighted by Gasteiger charge is -2.13. The van der Waals surface area contributed by atoms with Crippen LogP contribution in [0.5, 0.6) is 5.75 Å². The van der Waals surface area contributed by atoms with Crippen molar-refractivity contribution >= 4 is 5.91 Å². The summed E-state index contributed by atoms with van der Waals surface area (Å²) in [6, 6.07) is 13.1. The van der Waals surface area contributed by atoms with Crippen molar-refractivity contribution < 1.29 is 18.4 Å². The first-order chi connectivity index (χ1) is 13.0. The van der Waals surface area contributed by atoms with Crippen molar-refractivity contribution in [3.8, 4) is 17.1 Å². The van der Waals surface area contributed by atoms with Crippen molar-refractivity contribution in [1.82, 2.24) is 15.5 Å². The number of rotatable bonds is 7.